The molecule has 0 fully saturated rings. The highest BCUT2D eigenvalue weighted by atomic mass is 19.4. The molecule has 3 nitrogen and oxygen atoms in total. The molecule has 1 heterocycles. The Hall–Kier alpha value is -2.37. The molecule has 0 saturated carbocycles. The molecule has 1 aromatic carbocycles. The fourth-order valence-corrected chi connectivity index (χ4v) is 1.76. The fourth-order valence-electron chi connectivity index (χ4n) is 1.76. The summed E-state index contributed by atoms with van der Waals surface area (Å²) in [6.45, 7) is 0. The Morgan fingerprint density at radius 3 is 2.60 bits per heavy atom. The van der Waals surface area contributed by atoms with E-state index in [4.69, 9.17) is 4.74 Å². The van der Waals surface area contributed by atoms with Crippen LogP contribution in [0, 0.1) is 0 Å². The van der Waals surface area contributed by atoms with E-state index in [-0.39, 0.29) is 17.0 Å². The van der Waals surface area contributed by atoms with Crippen LogP contribution in [-0.2, 0) is 6.18 Å². The van der Waals surface area contributed by atoms with Crippen LogP contribution < -0.4 is 4.74 Å². The summed E-state index contributed by atoms with van der Waals surface area (Å²) in [6.07, 6.45) is -2.56. The van der Waals surface area contributed by atoms with E-state index in [1.807, 2.05) is 0 Å². The normalized spacial score (nSPS) is 11.2. The second-order valence-corrected chi connectivity index (χ2v) is 4.01. The number of benzene rings is 1. The number of aldehydes is 1. The van der Waals surface area contributed by atoms with Crippen LogP contribution in [0.4, 0.5) is 13.2 Å². The van der Waals surface area contributed by atoms with Crippen LogP contribution in [-0.4, -0.2) is 18.4 Å². The van der Waals surface area contributed by atoms with Gasteiger partial charge < -0.3 is 4.74 Å². The molecule has 0 spiro atoms. The second kappa shape index (κ2) is 5.32. The molecule has 0 bridgehead atoms. The van der Waals surface area contributed by atoms with Crippen molar-refractivity contribution in [1.82, 2.24) is 4.98 Å². The van der Waals surface area contributed by atoms with Gasteiger partial charge in [0, 0.05) is 23.4 Å². The van der Waals surface area contributed by atoms with Crippen LogP contribution in [0.3, 0.4) is 0 Å². The largest absolute Gasteiger partial charge is 0.481 e. The second-order valence-electron chi connectivity index (χ2n) is 4.01. The van der Waals surface area contributed by atoms with Gasteiger partial charge in [-0.1, -0.05) is 12.1 Å². The van der Waals surface area contributed by atoms with Crippen molar-refractivity contribution in [2.24, 2.45) is 0 Å². The molecule has 1 aromatic heterocycles. The average molecular weight is 281 g/mol. The van der Waals surface area contributed by atoms with Crippen molar-refractivity contribution in [2.75, 3.05) is 7.11 Å². The summed E-state index contributed by atoms with van der Waals surface area (Å²) in [5.41, 5.74) is 0.0443. The molecule has 6 heteroatoms. The van der Waals surface area contributed by atoms with Crippen molar-refractivity contribution >= 4 is 6.29 Å². The van der Waals surface area contributed by atoms with E-state index >= 15 is 0 Å². The van der Waals surface area contributed by atoms with Gasteiger partial charge in [-0.25, -0.2) is 4.98 Å². The number of ether oxygens (including phenoxy) is 1. The van der Waals surface area contributed by atoms with E-state index in [1.54, 1.807) is 0 Å². The summed E-state index contributed by atoms with van der Waals surface area (Å²) in [6, 6.07) is 6.11. The van der Waals surface area contributed by atoms with Crippen molar-refractivity contribution < 1.29 is 22.7 Å². The summed E-state index contributed by atoms with van der Waals surface area (Å²) in [5.74, 6) is 0.225. The molecule has 0 saturated heterocycles. The number of hydrogen-bond acceptors (Lipinski definition) is 3. The van der Waals surface area contributed by atoms with Crippen LogP contribution in [0.2, 0.25) is 0 Å². The van der Waals surface area contributed by atoms with Crippen LogP contribution in [0.25, 0.3) is 11.1 Å². The first-order chi connectivity index (χ1) is 9.45. The molecule has 2 rings (SSSR count). The molecule has 0 aliphatic heterocycles. The van der Waals surface area contributed by atoms with Gasteiger partial charge >= 0.3 is 6.18 Å². The minimum Gasteiger partial charge on any atom is -0.481 e. The minimum absolute atomic E-state index is 0.219. The first-order valence-corrected chi connectivity index (χ1v) is 5.62. The molecular weight excluding hydrogens is 271 g/mol. The Balaban J connectivity index is 2.54. The van der Waals surface area contributed by atoms with Gasteiger partial charge in [-0.05, 0) is 17.7 Å². The zero-order chi connectivity index (χ0) is 14.8. The van der Waals surface area contributed by atoms with E-state index in [0.29, 0.717) is 11.8 Å². The van der Waals surface area contributed by atoms with E-state index in [9.17, 15) is 18.0 Å². The Labute approximate surface area is 113 Å². The molecule has 2 aromatic rings. The van der Waals surface area contributed by atoms with Crippen LogP contribution in [0.5, 0.6) is 5.88 Å². The highest BCUT2D eigenvalue weighted by Gasteiger charge is 2.30. The Morgan fingerprint density at radius 2 is 2.00 bits per heavy atom. The number of aromatic nitrogens is 1. The maximum Gasteiger partial charge on any atom is 0.416 e. The molecule has 0 radical (unpaired) electrons. The number of halogens is 3. The first kappa shape index (κ1) is 14.0. The average Bonchev–Trinajstić information content (AvgIpc) is 2.45. The van der Waals surface area contributed by atoms with E-state index < -0.39 is 11.7 Å². The molecule has 0 atom stereocenters. The Morgan fingerprint density at radius 1 is 1.25 bits per heavy atom. The molecule has 0 unspecified atom stereocenters. The highest BCUT2D eigenvalue weighted by molar-refractivity contribution is 5.87. The van der Waals surface area contributed by atoms with Gasteiger partial charge in [0.25, 0.3) is 0 Å². The summed E-state index contributed by atoms with van der Waals surface area (Å²) in [5, 5.41) is 0. The van der Waals surface area contributed by atoms with Crippen LogP contribution >= 0.6 is 0 Å². The van der Waals surface area contributed by atoms with Gasteiger partial charge in [0.1, 0.15) is 0 Å². The number of nitrogens with zero attached hydrogens (tertiary/aromatic N) is 1. The quantitative estimate of drug-likeness (QED) is 0.807. The number of pyridine rings is 1. The molecule has 104 valence electrons. The maximum atomic E-state index is 12.7. The highest BCUT2D eigenvalue weighted by Crippen LogP contribution is 2.33. The Kier molecular flexibility index (Phi) is 3.74. The Bertz CT molecular complexity index is 639. The molecular formula is C14H10F3NO2. The summed E-state index contributed by atoms with van der Waals surface area (Å²) in [7, 11) is 1.39. The monoisotopic (exact) mass is 281 g/mol. The van der Waals surface area contributed by atoms with Crippen molar-refractivity contribution in [2.45, 2.75) is 6.18 Å². The lowest BCUT2D eigenvalue weighted by Crippen LogP contribution is -2.04. The van der Waals surface area contributed by atoms with E-state index in [0.717, 1.165) is 12.1 Å². The van der Waals surface area contributed by atoms with Gasteiger partial charge in [-0.3, -0.25) is 4.79 Å². The van der Waals surface area contributed by atoms with Gasteiger partial charge in [-0.2, -0.15) is 13.2 Å². The third kappa shape index (κ3) is 2.79. The number of hydrogen-bond donors (Lipinski definition) is 0. The number of methoxy groups -OCH3 is 1. The number of carbonyl (C=O) groups excluding carboxylic acids is 1. The molecule has 0 aliphatic rings. The topological polar surface area (TPSA) is 39.2 Å². The molecule has 20 heavy (non-hydrogen) atoms. The van der Waals surface area contributed by atoms with Crippen molar-refractivity contribution in [3.63, 3.8) is 0 Å². The van der Waals surface area contributed by atoms with Crippen molar-refractivity contribution in [1.29, 1.82) is 0 Å². The smallest absolute Gasteiger partial charge is 0.416 e. The van der Waals surface area contributed by atoms with Gasteiger partial charge in [-0.15, -0.1) is 0 Å². The number of carbonyl (C=O) groups is 1. The van der Waals surface area contributed by atoms with Crippen molar-refractivity contribution in [3.8, 4) is 17.0 Å². The summed E-state index contributed by atoms with van der Waals surface area (Å²) < 4.78 is 42.9. The molecule has 0 N–H and O–H groups in total. The summed E-state index contributed by atoms with van der Waals surface area (Å²) >= 11 is 0. The lowest BCUT2D eigenvalue weighted by atomic mass is 10.0. The SMILES string of the molecule is COc1cc(C=O)c(-c2cccc(C(F)(F)F)c2)cn1. The van der Waals surface area contributed by atoms with Gasteiger partial charge in [0.15, 0.2) is 6.29 Å². The van der Waals surface area contributed by atoms with Crippen molar-refractivity contribution in [3.05, 3.63) is 47.7 Å². The van der Waals surface area contributed by atoms with E-state index in [1.165, 1.54) is 31.5 Å². The van der Waals surface area contributed by atoms with Crippen LogP contribution in [0.15, 0.2) is 36.5 Å². The maximum absolute atomic E-state index is 12.7. The standard InChI is InChI=1S/C14H10F3NO2/c1-20-13-6-10(8-19)12(7-18-13)9-3-2-4-11(5-9)14(15,16)17/h2-8H,1H3. The molecule has 0 aliphatic carbocycles. The van der Waals surface area contributed by atoms with Crippen LogP contribution in [0.1, 0.15) is 15.9 Å². The fraction of sp³-hybridized carbons (Fsp3) is 0.143. The van der Waals surface area contributed by atoms with Gasteiger partial charge in [0.05, 0.1) is 12.7 Å². The summed E-state index contributed by atoms with van der Waals surface area (Å²) in [4.78, 5) is 15.0. The third-order valence-electron chi connectivity index (χ3n) is 2.75. The van der Waals surface area contributed by atoms with E-state index in [2.05, 4.69) is 4.98 Å². The van der Waals surface area contributed by atoms with Gasteiger partial charge in [0.2, 0.25) is 5.88 Å². The first-order valence-electron chi connectivity index (χ1n) is 5.62. The lowest BCUT2D eigenvalue weighted by molar-refractivity contribution is -0.137. The zero-order valence-electron chi connectivity index (χ0n) is 10.4. The minimum atomic E-state index is -4.43. The third-order valence-corrected chi connectivity index (χ3v) is 2.75. The lowest BCUT2D eigenvalue weighted by Gasteiger charge is -2.10. The predicted molar refractivity (Wildman–Crippen MR) is 66.6 cm³/mol. The zero-order valence-corrected chi connectivity index (χ0v) is 10.4. The predicted octanol–water partition coefficient (Wildman–Crippen LogP) is 3.59. The number of alkyl halides is 3. The number of rotatable bonds is 3. The molecule has 0 amide bonds.